The van der Waals surface area contributed by atoms with Crippen molar-refractivity contribution in [1.29, 1.82) is 0 Å². The zero-order chi connectivity index (χ0) is 12.7. The topological polar surface area (TPSA) is 66.6 Å². The average molecular weight is 310 g/mol. The van der Waals surface area contributed by atoms with E-state index >= 15 is 0 Å². The molecule has 0 saturated carbocycles. The molecule has 1 saturated heterocycles. The highest BCUT2D eigenvalue weighted by molar-refractivity contribution is 9.10. The van der Waals surface area contributed by atoms with E-state index in [4.69, 9.17) is 0 Å². The van der Waals surface area contributed by atoms with Gasteiger partial charge in [-0.15, -0.1) is 0 Å². The molecule has 0 aliphatic carbocycles. The van der Waals surface area contributed by atoms with Crippen LogP contribution >= 0.6 is 15.9 Å². The maximum Gasteiger partial charge on any atom is 0.356 e. The third kappa shape index (κ3) is 1.91. The van der Waals surface area contributed by atoms with E-state index in [1.165, 1.54) is 0 Å². The molecular formula is C12H12BrN3O2. The fraction of sp³-hybridized carbons (Fsp3) is 0.333. The molecule has 0 atom stereocenters. The summed E-state index contributed by atoms with van der Waals surface area (Å²) in [5.41, 5.74) is 0.762. The van der Waals surface area contributed by atoms with Crippen molar-refractivity contribution in [2.75, 3.05) is 13.1 Å². The first-order chi connectivity index (χ1) is 8.65. The molecule has 0 aromatic carbocycles. The van der Waals surface area contributed by atoms with Gasteiger partial charge in [-0.05, 0) is 31.1 Å². The number of halogens is 1. The molecule has 0 amide bonds. The number of aromatic carboxylic acids is 1. The number of hydrogen-bond donors (Lipinski definition) is 2. The molecule has 3 rings (SSSR count). The highest BCUT2D eigenvalue weighted by atomic mass is 79.9. The van der Waals surface area contributed by atoms with Gasteiger partial charge in [0, 0.05) is 17.1 Å². The summed E-state index contributed by atoms with van der Waals surface area (Å²) >= 11 is 3.36. The Labute approximate surface area is 112 Å². The molecule has 2 aromatic heterocycles. The van der Waals surface area contributed by atoms with Crippen molar-refractivity contribution in [2.45, 2.75) is 6.42 Å². The first-order valence-corrected chi connectivity index (χ1v) is 6.55. The molecule has 0 bridgehead atoms. The lowest BCUT2D eigenvalue weighted by atomic mass is 9.99. The quantitative estimate of drug-likeness (QED) is 0.903. The summed E-state index contributed by atoms with van der Waals surface area (Å²) in [5.74, 6) is 0.394. The van der Waals surface area contributed by atoms with Crippen LogP contribution in [0.2, 0.25) is 0 Å². The van der Waals surface area contributed by atoms with Crippen molar-refractivity contribution < 1.29 is 9.90 Å². The summed E-state index contributed by atoms with van der Waals surface area (Å²) in [6.07, 6.45) is 2.67. The largest absolute Gasteiger partial charge is 0.476 e. The van der Waals surface area contributed by atoms with Crippen LogP contribution in [-0.4, -0.2) is 33.6 Å². The third-order valence-corrected chi connectivity index (χ3v) is 3.71. The Morgan fingerprint density at radius 1 is 1.61 bits per heavy atom. The monoisotopic (exact) mass is 309 g/mol. The Morgan fingerprint density at radius 3 is 3.00 bits per heavy atom. The standard InChI is InChI=1S/C12H12BrN3O2/c13-8-1-2-16-9(4-8)11(12(17)18)15-10(16)3-7-5-14-6-7/h1-2,4,7,14H,3,5-6H2,(H,17,18). The number of carboxylic acid groups (broad SMARTS) is 1. The van der Waals surface area contributed by atoms with Gasteiger partial charge in [0.25, 0.3) is 0 Å². The van der Waals surface area contributed by atoms with E-state index in [2.05, 4.69) is 26.2 Å². The second-order valence-electron chi connectivity index (χ2n) is 4.51. The van der Waals surface area contributed by atoms with Crippen LogP contribution in [0, 0.1) is 5.92 Å². The van der Waals surface area contributed by atoms with Crippen molar-refractivity contribution in [3.63, 3.8) is 0 Å². The average Bonchev–Trinajstić information content (AvgIpc) is 2.61. The number of rotatable bonds is 3. The molecule has 3 heterocycles. The van der Waals surface area contributed by atoms with Crippen LogP contribution in [-0.2, 0) is 6.42 Å². The SMILES string of the molecule is O=C(O)c1nc(CC2CNC2)n2ccc(Br)cc12. The van der Waals surface area contributed by atoms with E-state index in [1.54, 1.807) is 6.07 Å². The molecule has 1 aliphatic heterocycles. The Bertz CT molecular complexity index is 619. The third-order valence-electron chi connectivity index (χ3n) is 3.22. The molecule has 2 N–H and O–H groups in total. The zero-order valence-corrected chi connectivity index (χ0v) is 11.1. The van der Waals surface area contributed by atoms with Gasteiger partial charge in [-0.25, -0.2) is 9.78 Å². The van der Waals surface area contributed by atoms with Crippen LogP contribution in [0.3, 0.4) is 0 Å². The number of hydrogen-bond acceptors (Lipinski definition) is 3. The Kier molecular flexibility index (Phi) is 2.83. The van der Waals surface area contributed by atoms with Crippen molar-refractivity contribution in [1.82, 2.24) is 14.7 Å². The van der Waals surface area contributed by atoms with E-state index in [0.29, 0.717) is 11.4 Å². The summed E-state index contributed by atoms with van der Waals surface area (Å²) in [4.78, 5) is 15.5. The number of nitrogens with zero attached hydrogens (tertiary/aromatic N) is 2. The van der Waals surface area contributed by atoms with Gasteiger partial charge >= 0.3 is 5.97 Å². The van der Waals surface area contributed by atoms with E-state index in [1.807, 2.05) is 16.7 Å². The van der Waals surface area contributed by atoms with Crippen LogP contribution in [0.4, 0.5) is 0 Å². The van der Waals surface area contributed by atoms with E-state index < -0.39 is 5.97 Å². The molecule has 2 aromatic rings. The molecule has 1 aliphatic rings. The Hall–Kier alpha value is -1.40. The molecule has 0 spiro atoms. The number of carbonyl (C=O) groups is 1. The van der Waals surface area contributed by atoms with Crippen molar-refractivity contribution in [3.05, 3.63) is 34.3 Å². The maximum absolute atomic E-state index is 11.2. The molecule has 18 heavy (non-hydrogen) atoms. The molecule has 0 unspecified atom stereocenters. The summed E-state index contributed by atoms with van der Waals surface area (Å²) < 4.78 is 2.72. The predicted molar refractivity (Wildman–Crippen MR) is 69.9 cm³/mol. The van der Waals surface area contributed by atoms with Gasteiger partial charge in [-0.1, -0.05) is 15.9 Å². The van der Waals surface area contributed by atoms with Gasteiger partial charge in [0.15, 0.2) is 5.69 Å². The molecular weight excluding hydrogens is 298 g/mol. The smallest absolute Gasteiger partial charge is 0.356 e. The van der Waals surface area contributed by atoms with Crippen molar-refractivity contribution in [3.8, 4) is 0 Å². The minimum atomic E-state index is -0.983. The number of pyridine rings is 1. The number of fused-ring (bicyclic) bond motifs is 1. The van der Waals surface area contributed by atoms with Crippen LogP contribution < -0.4 is 5.32 Å². The lowest BCUT2D eigenvalue weighted by Gasteiger charge is -2.26. The first kappa shape index (κ1) is 11.7. The number of nitrogens with one attached hydrogen (secondary N) is 1. The van der Waals surface area contributed by atoms with Crippen LogP contribution in [0.25, 0.3) is 5.52 Å². The van der Waals surface area contributed by atoms with Gasteiger partial charge < -0.3 is 14.8 Å². The lowest BCUT2D eigenvalue weighted by molar-refractivity contribution is 0.0693. The fourth-order valence-electron chi connectivity index (χ4n) is 2.17. The summed E-state index contributed by atoms with van der Waals surface area (Å²) in [6.45, 7) is 1.96. The number of carboxylic acids is 1. The minimum absolute atomic E-state index is 0.124. The second-order valence-corrected chi connectivity index (χ2v) is 5.43. The van der Waals surface area contributed by atoms with Crippen molar-refractivity contribution in [2.24, 2.45) is 5.92 Å². The lowest BCUT2D eigenvalue weighted by Crippen LogP contribution is -2.43. The summed E-state index contributed by atoms with van der Waals surface area (Å²) in [5, 5.41) is 12.4. The van der Waals surface area contributed by atoms with Crippen LogP contribution in [0.15, 0.2) is 22.8 Å². The molecule has 6 heteroatoms. The van der Waals surface area contributed by atoms with Gasteiger partial charge in [0.05, 0.1) is 5.52 Å². The minimum Gasteiger partial charge on any atom is -0.476 e. The molecule has 0 radical (unpaired) electrons. The first-order valence-electron chi connectivity index (χ1n) is 5.75. The normalized spacial score (nSPS) is 15.8. The van der Waals surface area contributed by atoms with Gasteiger partial charge in [-0.3, -0.25) is 0 Å². The van der Waals surface area contributed by atoms with Gasteiger partial charge in [-0.2, -0.15) is 0 Å². The predicted octanol–water partition coefficient (Wildman–Crippen LogP) is 1.56. The molecule has 1 fully saturated rings. The number of aromatic nitrogens is 2. The van der Waals surface area contributed by atoms with Crippen molar-refractivity contribution >= 4 is 27.4 Å². The number of imidazole rings is 1. The van der Waals surface area contributed by atoms with Crippen LogP contribution in [0.1, 0.15) is 16.3 Å². The Morgan fingerprint density at radius 2 is 2.39 bits per heavy atom. The zero-order valence-electron chi connectivity index (χ0n) is 9.56. The molecule has 5 nitrogen and oxygen atoms in total. The summed E-state index contributed by atoms with van der Waals surface area (Å²) in [7, 11) is 0. The second kappa shape index (κ2) is 4.37. The Balaban J connectivity index is 2.10. The van der Waals surface area contributed by atoms with Gasteiger partial charge in [0.1, 0.15) is 5.82 Å². The van der Waals surface area contributed by atoms with E-state index in [0.717, 1.165) is 29.8 Å². The van der Waals surface area contributed by atoms with E-state index in [-0.39, 0.29) is 5.69 Å². The summed E-state index contributed by atoms with van der Waals surface area (Å²) in [6, 6.07) is 3.68. The molecule has 94 valence electrons. The van der Waals surface area contributed by atoms with E-state index in [9.17, 15) is 9.90 Å². The maximum atomic E-state index is 11.2. The van der Waals surface area contributed by atoms with Crippen LogP contribution in [0.5, 0.6) is 0 Å². The van der Waals surface area contributed by atoms with Gasteiger partial charge in [0.2, 0.25) is 0 Å². The fourth-order valence-corrected chi connectivity index (χ4v) is 2.51. The highest BCUT2D eigenvalue weighted by Gasteiger charge is 2.22. The highest BCUT2D eigenvalue weighted by Crippen LogP contribution is 2.21.